The second-order valence-electron chi connectivity index (χ2n) is 4.34. The highest BCUT2D eigenvalue weighted by molar-refractivity contribution is 9.10. The van der Waals surface area contributed by atoms with E-state index in [0.29, 0.717) is 10.2 Å². The Kier molecular flexibility index (Phi) is 4.57. The summed E-state index contributed by atoms with van der Waals surface area (Å²) in [5.74, 6) is 0.234. The predicted molar refractivity (Wildman–Crippen MR) is 73.2 cm³/mol. The zero-order chi connectivity index (χ0) is 13.2. The van der Waals surface area contributed by atoms with Gasteiger partial charge in [0.05, 0.1) is 4.90 Å². The molecule has 0 radical (unpaired) electrons. The molecule has 0 heterocycles. The molecule has 3 N–H and O–H groups in total. The van der Waals surface area contributed by atoms with Crippen LogP contribution in [0.3, 0.4) is 0 Å². The Balaban J connectivity index is 3.01. The summed E-state index contributed by atoms with van der Waals surface area (Å²) in [6, 6.07) is 4.48. The summed E-state index contributed by atoms with van der Waals surface area (Å²) in [6.07, 6.45) is 0. The maximum Gasteiger partial charge on any atom is 0.240 e. The normalized spacial score (nSPS) is 13.9. The third kappa shape index (κ3) is 3.69. The van der Waals surface area contributed by atoms with Gasteiger partial charge in [0.15, 0.2) is 0 Å². The van der Waals surface area contributed by atoms with Crippen LogP contribution in [0.1, 0.15) is 20.8 Å². The van der Waals surface area contributed by atoms with E-state index in [0.717, 1.165) is 0 Å². The molecule has 0 fully saturated rings. The quantitative estimate of drug-likeness (QED) is 0.836. The highest BCUT2D eigenvalue weighted by atomic mass is 79.9. The van der Waals surface area contributed by atoms with Gasteiger partial charge in [-0.05, 0) is 47.0 Å². The van der Waals surface area contributed by atoms with Crippen LogP contribution in [-0.4, -0.2) is 14.5 Å². The summed E-state index contributed by atoms with van der Waals surface area (Å²) in [5, 5.41) is 0. The third-order valence-electron chi connectivity index (χ3n) is 2.62. The molecule has 6 heteroatoms. The van der Waals surface area contributed by atoms with Crippen LogP contribution in [0.4, 0.5) is 5.69 Å². The van der Waals surface area contributed by atoms with E-state index in [1.807, 2.05) is 20.8 Å². The number of benzene rings is 1. The first-order valence-corrected chi connectivity index (χ1v) is 7.59. The predicted octanol–water partition coefficient (Wildman–Crippen LogP) is 2.35. The fourth-order valence-electron chi connectivity index (χ4n) is 1.14. The van der Waals surface area contributed by atoms with E-state index in [-0.39, 0.29) is 16.9 Å². The number of anilines is 1. The summed E-state index contributed by atoms with van der Waals surface area (Å²) in [4.78, 5) is 0.186. The number of hydrogen-bond acceptors (Lipinski definition) is 3. The monoisotopic (exact) mass is 320 g/mol. The highest BCUT2D eigenvalue weighted by Crippen LogP contribution is 2.23. The van der Waals surface area contributed by atoms with Crippen LogP contribution in [0.5, 0.6) is 0 Å². The standard InChI is InChI=1S/C11H17BrN2O2S/c1-7(2)8(3)14-17(15,16)9-4-5-10(12)11(13)6-9/h4-8,14H,13H2,1-3H3. The van der Waals surface area contributed by atoms with Gasteiger partial charge in [0.2, 0.25) is 10.0 Å². The molecule has 0 aliphatic heterocycles. The lowest BCUT2D eigenvalue weighted by atomic mass is 10.1. The van der Waals surface area contributed by atoms with Gasteiger partial charge < -0.3 is 5.73 Å². The Morgan fingerprint density at radius 1 is 1.29 bits per heavy atom. The summed E-state index contributed by atoms with van der Waals surface area (Å²) < 4.78 is 27.4. The minimum absolute atomic E-state index is 0.120. The van der Waals surface area contributed by atoms with Crippen molar-refractivity contribution < 1.29 is 8.42 Å². The maximum atomic E-state index is 12.0. The number of halogens is 1. The average Bonchev–Trinajstić information content (AvgIpc) is 2.21. The first-order chi connectivity index (χ1) is 7.74. The topological polar surface area (TPSA) is 72.2 Å². The maximum absolute atomic E-state index is 12.0. The van der Waals surface area contributed by atoms with Crippen molar-refractivity contribution in [2.24, 2.45) is 5.92 Å². The van der Waals surface area contributed by atoms with Crippen LogP contribution in [0.25, 0.3) is 0 Å². The molecule has 1 atom stereocenters. The van der Waals surface area contributed by atoms with Crippen molar-refractivity contribution in [2.45, 2.75) is 31.7 Å². The van der Waals surface area contributed by atoms with Gasteiger partial charge in [-0.2, -0.15) is 0 Å². The van der Waals surface area contributed by atoms with E-state index in [2.05, 4.69) is 20.7 Å². The van der Waals surface area contributed by atoms with Gasteiger partial charge >= 0.3 is 0 Å². The number of sulfonamides is 1. The van der Waals surface area contributed by atoms with Crippen molar-refractivity contribution in [1.82, 2.24) is 4.72 Å². The number of hydrogen-bond donors (Lipinski definition) is 2. The average molecular weight is 321 g/mol. The van der Waals surface area contributed by atoms with Gasteiger partial charge in [-0.1, -0.05) is 13.8 Å². The molecule has 17 heavy (non-hydrogen) atoms. The number of nitrogens with one attached hydrogen (secondary N) is 1. The van der Waals surface area contributed by atoms with Crippen LogP contribution in [0.15, 0.2) is 27.6 Å². The fraction of sp³-hybridized carbons (Fsp3) is 0.455. The van der Waals surface area contributed by atoms with Crippen molar-refractivity contribution >= 4 is 31.6 Å². The molecule has 0 saturated carbocycles. The van der Waals surface area contributed by atoms with Gasteiger partial charge in [0, 0.05) is 16.2 Å². The summed E-state index contributed by atoms with van der Waals surface area (Å²) in [7, 11) is -3.49. The van der Waals surface area contributed by atoms with Gasteiger partial charge in [-0.25, -0.2) is 13.1 Å². The summed E-state index contributed by atoms with van der Waals surface area (Å²) in [6.45, 7) is 5.76. The zero-order valence-corrected chi connectivity index (χ0v) is 12.5. The van der Waals surface area contributed by atoms with Crippen LogP contribution in [0.2, 0.25) is 0 Å². The number of nitrogen functional groups attached to an aromatic ring is 1. The molecule has 0 bridgehead atoms. The molecule has 0 amide bonds. The Morgan fingerprint density at radius 2 is 1.88 bits per heavy atom. The highest BCUT2D eigenvalue weighted by Gasteiger charge is 2.19. The lowest BCUT2D eigenvalue weighted by molar-refractivity contribution is 0.476. The van der Waals surface area contributed by atoms with Crippen molar-refractivity contribution in [3.05, 3.63) is 22.7 Å². The van der Waals surface area contributed by atoms with Crippen LogP contribution < -0.4 is 10.5 Å². The van der Waals surface area contributed by atoms with Crippen LogP contribution in [-0.2, 0) is 10.0 Å². The fourth-order valence-corrected chi connectivity index (χ4v) is 2.81. The van der Waals surface area contributed by atoms with Crippen LogP contribution in [0, 0.1) is 5.92 Å². The minimum atomic E-state index is -3.49. The Labute approximate surface area is 111 Å². The summed E-state index contributed by atoms with van der Waals surface area (Å²) in [5.41, 5.74) is 6.08. The van der Waals surface area contributed by atoms with Gasteiger partial charge in [0.25, 0.3) is 0 Å². The van der Waals surface area contributed by atoms with E-state index < -0.39 is 10.0 Å². The van der Waals surface area contributed by atoms with E-state index in [9.17, 15) is 8.42 Å². The molecule has 0 aliphatic rings. The smallest absolute Gasteiger partial charge is 0.240 e. The molecular formula is C11H17BrN2O2S. The van der Waals surface area contributed by atoms with Crippen molar-refractivity contribution in [1.29, 1.82) is 0 Å². The van der Waals surface area contributed by atoms with E-state index in [1.54, 1.807) is 6.07 Å². The molecule has 1 rings (SSSR count). The lowest BCUT2D eigenvalue weighted by Gasteiger charge is -2.17. The SMILES string of the molecule is CC(C)C(C)NS(=O)(=O)c1ccc(Br)c(N)c1. The lowest BCUT2D eigenvalue weighted by Crippen LogP contribution is -2.36. The minimum Gasteiger partial charge on any atom is -0.398 e. The van der Waals surface area contributed by atoms with E-state index in [4.69, 9.17) is 5.73 Å². The Morgan fingerprint density at radius 3 is 2.35 bits per heavy atom. The van der Waals surface area contributed by atoms with Crippen molar-refractivity contribution in [3.8, 4) is 0 Å². The molecule has 0 aromatic heterocycles. The van der Waals surface area contributed by atoms with Crippen molar-refractivity contribution in [2.75, 3.05) is 5.73 Å². The van der Waals surface area contributed by atoms with Gasteiger partial charge in [-0.15, -0.1) is 0 Å². The molecule has 4 nitrogen and oxygen atoms in total. The Hall–Kier alpha value is -0.590. The molecule has 1 aromatic rings. The molecule has 1 aromatic carbocycles. The molecule has 0 spiro atoms. The Bertz CT molecular complexity index is 500. The largest absolute Gasteiger partial charge is 0.398 e. The van der Waals surface area contributed by atoms with Gasteiger partial charge in [0.1, 0.15) is 0 Å². The zero-order valence-electron chi connectivity index (χ0n) is 10.1. The summed E-state index contributed by atoms with van der Waals surface area (Å²) >= 11 is 3.23. The van der Waals surface area contributed by atoms with E-state index in [1.165, 1.54) is 12.1 Å². The molecule has 1 unspecified atom stereocenters. The van der Waals surface area contributed by atoms with E-state index >= 15 is 0 Å². The molecule has 96 valence electrons. The van der Waals surface area contributed by atoms with Crippen molar-refractivity contribution in [3.63, 3.8) is 0 Å². The third-order valence-corrected chi connectivity index (χ3v) is 4.90. The number of rotatable bonds is 4. The number of nitrogens with two attached hydrogens (primary N) is 1. The molecule has 0 aliphatic carbocycles. The van der Waals surface area contributed by atoms with Gasteiger partial charge in [-0.3, -0.25) is 0 Å². The van der Waals surface area contributed by atoms with Crippen LogP contribution >= 0.6 is 15.9 Å². The second kappa shape index (κ2) is 5.37. The molecular weight excluding hydrogens is 304 g/mol. The second-order valence-corrected chi connectivity index (χ2v) is 6.91. The first kappa shape index (κ1) is 14.5. The molecule has 0 saturated heterocycles. The first-order valence-electron chi connectivity index (χ1n) is 5.31.